The topological polar surface area (TPSA) is 55.4 Å². The molecule has 0 spiro atoms. The molecule has 0 atom stereocenters. The average molecular weight is 399 g/mol. The Balaban J connectivity index is 1.84. The van der Waals surface area contributed by atoms with Crippen molar-refractivity contribution in [3.05, 3.63) is 45.6 Å². The first-order chi connectivity index (χ1) is 12.4. The minimum absolute atomic E-state index is 0.403. The Morgan fingerprint density at radius 3 is 2.58 bits per heavy atom. The van der Waals surface area contributed by atoms with Crippen LogP contribution in [-0.4, -0.2) is 24.2 Å². The number of aryl methyl sites for hydroxylation is 2. The summed E-state index contributed by atoms with van der Waals surface area (Å²) in [4.78, 5) is 25.9. The Hall–Kier alpha value is -1.93. The molecule has 4 nitrogen and oxygen atoms in total. The molecule has 8 heteroatoms. The molecule has 0 fully saturated rings. The van der Waals surface area contributed by atoms with Crippen LogP contribution in [0.2, 0.25) is 0 Å². The lowest BCUT2D eigenvalue weighted by molar-refractivity contribution is -0.119. The van der Waals surface area contributed by atoms with Crippen LogP contribution in [0.25, 0.3) is 0 Å². The summed E-state index contributed by atoms with van der Waals surface area (Å²) in [6.07, 6.45) is 1.89. The van der Waals surface area contributed by atoms with Gasteiger partial charge in [-0.2, -0.15) is 8.78 Å². The predicted octanol–water partition coefficient (Wildman–Crippen LogP) is 5.12. The van der Waals surface area contributed by atoms with Gasteiger partial charge in [0, 0.05) is 15.5 Å². The van der Waals surface area contributed by atoms with Crippen LogP contribution < -0.4 is 5.32 Å². The molecule has 0 unspecified atom stereocenters. The number of ether oxygens (including phenoxy) is 1. The van der Waals surface area contributed by atoms with E-state index in [0.717, 1.165) is 23.3 Å². The molecular weight excluding hydrogens is 380 g/mol. The molecule has 0 aliphatic heterocycles. The monoisotopic (exact) mass is 399 g/mol. The number of hydrogen-bond acceptors (Lipinski definition) is 5. The van der Waals surface area contributed by atoms with Crippen LogP contribution in [0.1, 0.15) is 33.5 Å². The first kappa shape index (κ1) is 20.4. The summed E-state index contributed by atoms with van der Waals surface area (Å²) < 4.78 is 29.6. The van der Waals surface area contributed by atoms with E-state index in [-0.39, 0.29) is 0 Å². The van der Waals surface area contributed by atoms with Gasteiger partial charge in [0.1, 0.15) is 4.88 Å². The first-order valence-electron chi connectivity index (χ1n) is 8.00. The number of amides is 1. The van der Waals surface area contributed by atoms with Crippen molar-refractivity contribution in [3.8, 4) is 0 Å². The third-order valence-electron chi connectivity index (χ3n) is 3.44. The van der Waals surface area contributed by atoms with Gasteiger partial charge in [-0.25, -0.2) is 4.79 Å². The molecule has 26 heavy (non-hydrogen) atoms. The molecule has 1 aromatic carbocycles. The molecule has 140 valence electrons. The Morgan fingerprint density at radius 2 is 1.96 bits per heavy atom. The molecule has 0 bridgehead atoms. The molecule has 1 heterocycles. The molecule has 0 aliphatic carbocycles. The number of esters is 1. The Kier molecular flexibility index (Phi) is 7.59. The highest BCUT2D eigenvalue weighted by Gasteiger charge is 2.15. The molecule has 1 N–H and O–H groups in total. The van der Waals surface area contributed by atoms with E-state index in [2.05, 4.69) is 12.2 Å². The lowest BCUT2D eigenvalue weighted by Crippen LogP contribution is -2.20. The largest absolute Gasteiger partial charge is 0.451 e. The van der Waals surface area contributed by atoms with Crippen molar-refractivity contribution in [2.75, 3.05) is 11.9 Å². The number of halogens is 2. The highest BCUT2D eigenvalue weighted by molar-refractivity contribution is 7.99. The lowest BCUT2D eigenvalue weighted by Gasteiger charge is -2.07. The van der Waals surface area contributed by atoms with E-state index >= 15 is 0 Å². The number of alkyl halides is 2. The number of rotatable bonds is 8. The van der Waals surface area contributed by atoms with Gasteiger partial charge < -0.3 is 10.1 Å². The second-order valence-corrected chi connectivity index (χ2v) is 7.79. The fraction of sp³-hybridized carbons (Fsp3) is 0.333. The summed E-state index contributed by atoms with van der Waals surface area (Å²) >= 11 is 1.78. The molecule has 0 aliphatic rings. The highest BCUT2D eigenvalue weighted by Crippen LogP contribution is 2.26. The molecule has 1 aromatic heterocycles. The second-order valence-electron chi connectivity index (χ2n) is 5.47. The Bertz CT molecular complexity index is 760. The van der Waals surface area contributed by atoms with E-state index in [1.54, 1.807) is 0 Å². The van der Waals surface area contributed by atoms with Crippen molar-refractivity contribution in [3.63, 3.8) is 0 Å². The molecule has 2 rings (SSSR count). The van der Waals surface area contributed by atoms with Crippen LogP contribution in [-0.2, 0) is 16.0 Å². The summed E-state index contributed by atoms with van der Waals surface area (Å²) in [5.41, 5.74) is 1.57. The molecular formula is C18H19F2NO3S2. The zero-order chi connectivity index (χ0) is 19.1. The summed E-state index contributed by atoms with van der Waals surface area (Å²) in [5.74, 6) is -3.51. The number of thiophene rings is 1. The summed E-state index contributed by atoms with van der Waals surface area (Å²) in [6, 6.07) is 7.82. The summed E-state index contributed by atoms with van der Waals surface area (Å²) in [7, 11) is 0. The fourth-order valence-corrected chi connectivity index (χ4v) is 3.72. The van der Waals surface area contributed by atoms with Crippen molar-refractivity contribution in [1.29, 1.82) is 0 Å². The van der Waals surface area contributed by atoms with Crippen molar-refractivity contribution in [2.24, 2.45) is 0 Å². The molecule has 2 aromatic rings. The van der Waals surface area contributed by atoms with Crippen molar-refractivity contribution < 1.29 is 23.1 Å². The number of carbonyl (C=O) groups excluding carboxylic acids is 2. The average Bonchev–Trinajstić information content (AvgIpc) is 2.95. The predicted molar refractivity (Wildman–Crippen MR) is 100 cm³/mol. The third kappa shape index (κ3) is 6.10. The van der Waals surface area contributed by atoms with Gasteiger partial charge >= 0.3 is 5.97 Å². The third-order valence-corrected chi connectivity index (χ3v) is 5.23. The molecule has 0 radical (unpaired) electrons. The van der Waals surface area contributed by atoms with Crippen molar-refractivity contribution in [2.45, 2.75) is 37.3 Å². The lowest BCUT2D eigenvalue weighted by atomic mass is 10.1. The quantitative estimate of drug-likeness (QED) is 0.494. The van der Waals surface area contributed by atoms with Crippen LogP contribution >= 0.6 is 23.1 Å². The van der Waals surface area contributed by atoms with Gasteiger partial charge in [-0.3, -0.25) is 4.79 Å². The fourth-order valence-electron chi connectivity index (χ4n) is 2.26. The zero-order valence-electron chi connectivity index (χ0n) is 14.4. The molecule has 1 amide bonds. The molecule has 0 saturated carbocycles. The van der Waals surface area contributed by atoms with Gasteiger partial charge in [0.15, 0.2) is 6.61 Å². The standard InChI is InChI=1S/C18H19F2NO3S2/c1-3-4-12-9-15(25-11(12)2)17(23)24-10-16(22)21-13-5-7-14(8-6-13)26-18(19)20/h5-9,18H,3-4,10H2,1-2H3,(H,21,22). The van der Waals surface area contributed by atoms with E-state index in [1.807, 2.05) is 13.0 Å². The van der Waals surface area contributed by atoms with Gasteiger partial charge in [-0.15, -0.1) is 11.3 Å². The van der Waals surface area contributed by atoms with Crippen LogP contribution in [0.3, 0.4) is 0 Å². The van der Waals surface area contributed by atoms with E-state index in [0.29, 0.717) is 27.2 Å². The smallest absolute Gasteiger partial charge is 0.348 e. The van der Waals surface area contributed by atoms with Gasteiger partial charge in [0.2, 0.25) is 0 Å². The Morgan fingerprint density at radius 1 is 1.27 bits per heavy atom. The number of benzene rings is 1. The second kappa shape index (κ2) is 9.68. The zero-order valence-corrected chi connectivity index (χ0v) is 16.0. The van der Waals surface area contributed by atoms with E-state index < -0.39 is 24.2 Å². The number of nitrogens with one attached hydrogen (secondary N) is 1. The van der Waals surface area contributed by atoms with E-state index in [4.69, 9.17) is 4.74 Å². The van der Waals surface area contributed by atoms with Crippen molar-refractivity contribution in [1.82, 2.24) is 0 Å². The summed E-state index contributed by atoms with van der Waals surface area (Å²) in [5, 5.41) is 2.56. The molecule has 0 saturated heterocycles. The minimum atomic E-state index is -2.49. The van der Waals surface area contributed by atoms with E-state index in [1.165, 1.54) is 35.6 Å². The number of hydrogen-bond donors (Lipinski definition) is 1. The number of carbonyl (C=O) groups is 2. The van der Waals surface area contributed by atoms with Gasteiger partial charge in [0.25, 0.3) is 11.7 Å². The van der Waals surface area contributed by atoms with Crippen molar-refractivity contribution >= 4 is 40.7 Å². The van der Waals surface area contributed by atoms with E-state index in [9.17, 15) is 18.4 Å². The maximum atomic E-state index is 12.3. The maximum absolute atomic E-state index is 12.3. The van der Waals surface area contributed by atoms with Gasteiger partial charge in [0.05, 0.1) is 0 Å². The van der Waals surface area contributed by atoms with Gasteiger partial charge in [-0.05, 0) is 49.2 Å². The van der Waals surface area contributed by atoms with Crippen LogP contribution in [0.5, 0.6) is 0 Å². The number of thioether (sulfide) groups is 1. The summed E-state index contributed by atoms with van der Waals surface area (Å²) in [6.45, 7) is 3.61. The highest BCUT2D eigenvalue weighted by atomic mass is 32.2. The van der Waals surface area contributed by atoms with Gasteiger partial charge in [-0.1, -0.05) is 25.1 Å². The maximum Gasteiger partial charge on any atom is 0.348 e. The SMILES string of the molecule is CCCc1cc(C(=O)OCC(=O)Nc2ccc(SC(F)F)cc2)sc1C. The normalized spacial score (nSPS) is 10.8. The number of anilines is 1. The Labute approximate surface area is 158 Å². The minimum Gasteiger partial charge on any atom is -0.451 e. The first-order valence-corrected chi connectivity index (χ1v) is 9.69. The van der Waals surface area contributed by atoms with Crippen LogP contribution in [0.15, 0.2) is 35.2 Å². The van der Waals surface area contributed by atoms with Crippen LogP contribution in [0.4, 0.5) is 14.5 Å². The van der Waals surface area contributed by atoms with Crippen LogP contribution in [0, 0.1) is 6.92 Å².